The van der Waals surface area contributed by atoms with Crippen molar-refractivity contribution in [1.82, 2.24) is 10.6 Å². The van der Waals surface area contributed by atoms with E-state index in [0.29, 0.717) is 23.7 Å². The maximum Gasteiger partial charge on any atom is 0.374 e. The second-order valence-electron chi connectivity index (χ2n) is 8.89. The van der Waals surface area contributed by atoms with Gasteiger partial charge in [-0.25, -0.2) is 4.79 Å². The average molecular weight is 574 g/mol. The first kappa shape index (κ1) is 28.7. The molecule has 1 aliphatic heterocycles. The number of unbranched alkanes of at least 4 members (excludes halogenated alkanes) is 1. The molecule has 0 saturated carbocycles. The summed E-state index contributed by atoms with van der Waals surface area (Å²) in [5.41, 5.74) is 0.714. The lowest BCUT2D eigenvalue weighted by Gasteiger charge is -2.23. The van der Waals surface area contributed by atoms with E-state index in [4.69, 9.17) is 0 Å². The van der Waals surface area contributed by atoms with E-state index in [1.807, 2.05) is 35.4 Å². The van der Waals surface area contributed by atoms with Crippen molar-refractivity contribution in [2.45, 2.75) is 76.1 Å². The Morgan fingerprint density at radius 3 is 2.38 bits per heavy atom. The van der Waals surface area contributed by atoms with E-state index < -0.39 is 29.7 Å². The van der Waals surface area contributed by atoms with Crippen molar-refractivity contribution in [2.24, 2.45) is 5.92 Å². The number of carboxylic acids is 1. The molecule has 1 aromatic carbocycles. The van der Waals surface area contributed by atoms with Crippen LogP contribution >= 0.6 is 37.5 Å². The molecule has 0 aromatic heterocycles. The summed E-state index contributed by atoms with van der Waals surface area (Å²) in [6.07, 6.45) is 4.80. The first-order valence-corrected chi connectivity index (χ1v) is 14.7. The highest BCUT2D eigenvalue weighted by molar-refractivity contribution is 9.10. The summed E-state index contributed by atoms with van der Waals surface area (Å²) >= 11 is 3.34. The number of carboxylic acid groups (broad SMARTS) is 1. The minimum Gasteiger partial charge on any atom is -0.475 e. The first-order valence-electron chi connectivity index (χ1n) is 11.5. The number of carbonyl (C=O) groups is 4. The summed E-state index contributed by atoms with van der Waals surface area (Å²) in [6.45, 7) is 3.87. The number of amides is 2. The van der Waals surface area contributed by atoms with Crippen molar-refractivity contribution in [1.29, 1.82) is 0 Å². The molecule has 10 heteroatoms. The Morgan fingerprint density at radius 1 is 1.09 bits per heavy atom. The van der Waals surface area contributed by atoms with Gasteiger partial charge in [0.2, 0.25) is 11.8 Å². The van der Waals surface area contributed by atoms with E-state index in [0.717, 1.165) is 23.7 Å². The van der Waals surface area contributed by atoms with Crippen LogP contribution in [0.1, 0.15) is 57.9 Å². The first-order chi connectivity index (χ1) is 16.2. The summed E-state index contributed by atoms with van der Waals surface area (Å²) in [5.74, 6) is -2.14. The van der Waals surface area contributed by atoms with Crippen molar-refractivity contribution in [2.75, 3.05) is 5.75 Å². The van der Waals surface area contributed by atoms with Crippen LogP contribution in [0.3, 0.4) is 0 Å². The van der Waals surface area contributed by atoms with Crippen LogP contribution < -0.4 is 10.6 Å². The van der Waals surface area contributed by atoms with Crippen LogP contribution in [0.15, 0.2) is 28.7 Å². The van der Waals surface area contributed by atoms with Gasteiger partial charge in [0, 0.05) is 28.3 Å². The Morgan fingerprint density at radius 2 is 1.79 bits per heavy atom. The molecular weight excluding hydrogens is 540 g/mol. The Labute approximate surface area is 217 Å². The quantitative estimate of drug-likeness (QED) is 0.172. The summed E-state index contributed by atoms with van der Waals surface area (Å²) < 4.78 is 0.849. The third kappa shape index (κ3) is 10.4. The molecular formula is C24H33BrN2O5S2. The topological polar surface area (TPSA) is 113 Å². The molecule has 1 aromatic rings. The number of halogens is 1. The van der Waals surface area contributed by atoms with Gasteiger partial charge in [-0.05, 0) is 49.3 Å². The van der Waals surface area contributed by atoms with Gasteiger partial charge in [0.15, 0.2) is 0 Å². The van der Waals surface area contributed by atoms with Crippen molar-refractivity contribution in [3.8, 4) is 0 Å². The summed E-state index contributed by atoms with van der Waals surface area (Å²) in [7, 11) is 3.83. The molecule has 0 radical (unpaired) electrons. The van der Waals surface area contributed by atoms with Crippen LogP contribution in [0.5, 0.6) is 0 Å². The van der Waals surface area contributed by atoms with Crippen molar-refractivity contribution in [3.05, 3.63) is 34.3 Å². The smallest absolute Gasteiger partial charge is 0.374 e. The van der Waals surface area contributed by atoms with Gasteiger partial charge in [-0.1, -0.05) is 69.9 Å². The molecule has 3 atom stereocenters. The molecule has 34 heavy (non-hydrogen) atoms. The SMILES string of the molecule is CC(C)C[C@H](NC(=O)CCCCC1CCSS1)C(=O)N[C@@H](Cc1ccc(Br)cc1)C(=O)C(=O)O. The molecule has 0 aliphatic carbocycles. The lowest BCUT2D eigenvalue weighted by atomic mass is 9.99. The van der Waals surface area contributed by atoms with Crippen LogP contribution in [0, 0.1) is 5.92 Å². The number of Topliss-reactive ketones (excluding diaryl/α,β-unsaturated/α-hetero) is 1. The number of benzene rings is 1. The van der Waals surface area contributed by atoms with Gasteiger partial charge < -0.3 is 15.7 Å². The van der Waals surface area contributed by atoms with E-state index in [2.05, 4.69) is 26.6 Å². The standard InChI is InChI=1S/C24H33BrN2O5S2/c1-15(2)13-20(26-21(28)6-4-3-5-18-11-12-33-34-18)23(30)27-19(22(29)24(31)32)14-16-7-9-17(25)10-8-16/h7-10,15,18-20H,3-6,11-14H2,1-2H3,(H,26,28)(H,27,30)(H,31,32)/t18?,19-,20-/m0/s1. The van der Waals surface area contributed by atoms with Crippen LogP contribution in [0.4, 0.5) is 0 Å². The van der Waals surface area contributed by atoms with Gasteiger partial charge in [0.05, 0.1) is 0 Å². The lowest BCUT2D eigenvalue weighted by Crippen LogP contribution is -2.53. The molecule has 1 heterocycles. The predicted octanol–water partition coefficient (Wildman–Crippen LogP) is 4.38. The number of carbonyl (C=O) groups excluding carboxylic acids is 3. The van der Waals surface area contributed by atoms with Gasteiger partial charge in [0.25, 0.3) is 5.78 Å². The summed E-state index contributed by atoms with van der Waals surface area (Å²) in [5, 5.41) is 15.3. The van der Waals surface area contributed by atoms with Crippen molar-refractivity contribution >= 4 is 61.1 Å². The van der Waals surface area contributed by atoms with Gasteiger partial charge in [-0.3, -0.25) is 14.4 Å². The summed E-state index contributed by atoms with van der Waals surface area (Å²) in [6, 6.07) is 5.03. The minimum absolute atomic E-state index is 0.0456. The average Bonchev–Trinajstić information content (AvgIpc) is 3.30. The fourth-order valence-corrected chi connectivity index (χ4v) is 6.97. The minimum atomic E-state index is -1.61. The van der Waals surface area contributed by atoms with Crippen molar-refractivity contribution < 1.29 is 24.3 Å². The van der Waals surface area contributed by atoms with Gasteiger partial charge in [-0.2, -0.15) is 0 Å². The second-order valence-corrected chi connectivity index (χ2v) is 12.6. The zero-order chi connectivity index (χ0) is 25.1. The van der Waals surface area contributed by atoms with E-state index in [1.54, 1.807) is 24.3 Å². The van der Waals surface area contributed by atoms with Gasteiger partial charge >= 0.3 is 5.97 Å². The van der Waals surface area contributed by atoms with E-state index >= 15 is 0 Å². The fraction of sp³-hybridized carbons (Fsp3) is 0.583. The van der Waals surface area contributed by atoms with E-state index in [9.17, 15) is 24.3 Å². The second kappa shape index (κ2) is 14.8. The number of hydrogen-bond acceptors (Lipinski definition) is 6. The van der Waals surface area contributed by atoms with Crippen LogP contribution in [-0.2, 0) is 25.6 Å². The number of rotatable bonds is 14. The number of nitrogens with one attached hydrogen (secondary N) is 2. The van der Waals surface area contributed by atoms with Crippen molar-refractivity contribution in [3.63, 3.8) is 0 Å². The number of ketones is 1. The maximum atomic E-state index is 13.0. The molecule has 1 aliphatic rings. The predicted molar refractivity (Wildman–Crippen MR) is 141 cm³/mol. The fourth-order valence-electron chi connectivity index (χ4n) is 3.68. The number of hydrogen-bond donors (Lipinski definition) is 3. The molecule has 0 spiro atoms. The van der Waals surface area contributed by atoms with Gasteiger partial charge in [0.1, 0.15) is 12.1 Å². The molecule has 0 bridgehead atoms. The Balaban J connectivity index is 1.96. The molecule has 7 nitrogen and oxygen atoms in total. The largest absolute Gasteiger partial charge is 0.475 e. The molecule has 1 saturated heterocycles. The third-order valence-electron chi connectivity index (χ3n) is 5.46. The Bertz CT molecular complexity index is 844. The zero-order valence-corrected chi connectivity index (χ0v) is 22.8. The highest BCUT2D eigenvalue weighted by Crippen LogP contribution is 2.39. The molecule has 1 unspecified atom stereocenters. The van der Waals surface area contributed by atoms with Crippen LogP contribution in [-0.4, -0.2) is 51.8 Å². The van der Waals surface area contributed by atoms with Crippen LogP contribution in [0.2, 0.25) is 0 Å². The highest BCUT2D eigenvalue weighted by atomic mass is 79.9. The third-order valence-corrected chi connectivity index (χ3v) is 9.00. The van der Waals surface area contributed by atoms with E-state index in [-0.39, 0.29) is 18.2 Å². The molecule has 3 N–H and O–H groups in total. The monoisotopic (exact) mass is 572 g/mol. The Kier molecular flexibility index (Phi) is 12.5. The van der Waals surface area contributed by atoms with Gasteiger partial charge in [-0.15, -0.1) is 0 Å². The normalized spacial score (nSPS) is 17.2. The maximum absolute atomic E-state index is 13.0. The molecule has 188 valence electrons. The van der Waals surface area contributed by atoms with Crippen LogP contribution in [0.25, 0.3) is 0 Å². The lowest BCUT2D eigenvalue weighted by molar-refractivity contribution is -0.150. The summed E-state index contributed by atoms with van der Waals surface area (Å²) in [4.78, 5) is 49.2. The molecule has 1 fully saturated rings. The molecule has 2 amide bonds. The highest BCUT2D eigenvalue weighted by Gasteiger charge is 2.30. The van der Waals surface area contributed by atoms with E-state index in [1.165, 1.54) is 12.2 Å². The molecule has 2 rings (SSSR count). The Hall–Kier alpha value is -1.52. The number of aliphatic carboxylic acids is 1. The zero-order valence-electron chi connectivity index (χ0n) is 19.6.